The quantitative estimate of drug-likeness (QED) is 0.485. The third-order valence-electron chi connectivity index (χ3n) is 4.16. The maximum atomic E-state index is 11.2. The smallest absolute Gasteiger partial charge is 0.277 e. The zero-order valence-corrected chi connectivity index (χ0v) is 14.2. The lowest BCUT2D eigenvalue weighted by atomic mass is 10.0. The first-order chi connectivity index (χ1) is 11.5. The highest BCUT2D eigenvalue weighted by atomic mass is 16.7. The second kappa shape index (κ2) is 8.07. The zero-order chi connectivity index (χ0) is 17.7. The van der Waals surface area contributed by atoms with Gasteiger partial charge in [-0.1, -0.05) is 0 Å². The lowest BCUT2D eigenvalue weighted by Gasteiger charge is -2.34. The van der Waals surface area contributed by atoms with E-state index in [9.17, 15) is 14.9 Å². The largest absolute Gasteiger partial charge is 0.371 e. The molecule has 1 heterocycles. The highest BCUT2D eigenvalue weighted by Gasteiger charge is 2.25. The fourth-order valence-electron chi connectivity index (χ4n) is 3.01. The molecule has 0 atom stereocenters. The number of nitro groups is 1. The van der Waals surface area contributed by atoms with Crippen LogP contribution < -0.4 is 10.2 Å². The van der Waals surface area contributed by atoms with Crippen molar-refractivity contribution in [2.75, 3.05) is 32.2 Å². The molecule has 1 aliphatic heterocycles. The Hall–Kier alpha value is -2.19. The van der Waals surface area contributed by atoms with Gasteiger partial charge in [-0.15, -0.1) is 0 Å². The van der Waals surface area contributed by atoms with Crippen molar-refractivity contribution < 1.29 is 19.2 Å². The molecule has 8 nitrogen and oxygen atoms in total. The number of anilines is 1. The summed E-state index contributed by atoms with van der Waals surface area (Å²) in [5.74, 6) is -0.0193. The van der Waals surface area contributed by atoms with Crippen molar-refractivity contribution in [3.8, 4) is 0 Å². The first-order valence-electron chi connectivity index (χ1n) is 7.82. The Morgan fingerprint density at radius 3 is 2.46 bits per heavy atom. The first kappa shape index (κ1) is 18.2. The van der Waals surface area contributed by atoms with Gasteiger partial charge in [-0.3, -0.25) is 14.9 Å². The van der Waals surface area contributed by atoms with Gasteiger partial charge in [0.2, 0.25) is 5.91 Å². The lowest BCUT2D eigenvalue weighted by molar-refractivity contribution is -0.387. The first-order valence-corrected chi connectivity index (χ1v) is 7.82. The number of ether oxygens (including phenoxy) is 2. The van der Waals surface area contributed by atoms with Gasteiger partial charge in [0.25, 0.3) is 5.69 Å². The average molecular weight is 337 g/mol. The Bertz CT molecular complexity index is 595. The SMILES string of the molecule is COC(OC)c1cc(N2CCC(NC(C)=O)CC2)ccc1[N+](=O)[O-]. The maximum Gasteiger partial charge on any atom is 0.277 e. The summed E-state index contributed by atoms with van der Waals surface area (Å²) < 4.78 is 10.4. The Morgan fingerprint density at radius 2 is 1.96 bits per heavy atom. The molecule has 2 rings (SSSR count). The Labute approximate surface area is 140 Å². The summed E-state index contributed by atoms with van der Waals surface area (Å²) in [7, 11) is 2.90. The molecule has 0 unspecified atom stereocenters. The molecule has 0 radical (unpaired) electrons. The normalized spacial score (nSPS) is 15.6. The molecule has 1 saturated heterocycles. The van der Waals surface area contributed by atoms with E-state index in [2.05, 4.69) is 10.2 Å². The summed E-state index contributed by atoms with van der Waals surface area (Å²) in [6, 6.07) is 5.15. The van der Waals surface area contributed by atoms with Crippen LogP contribution in [0.25, 0.3) is 0 Å². The van der Waals surface area contributed by atoms with Crippen molar-refractivity contribution in [3.63, 3.8) is 0 Å². The molecule has 0 bridgehead atoms. The number of nitrogens with one attached hydrogen (secondary N) is 1. The molecule has 0 aliphatic carbocycles. The summed E-state index contributed by atoms with van der Waals surface area (Å²) in [6.07, 6.45) is 0.885. The number of benzene rings is 1. The van der Waals surface area contributed by atoms with Gasteiger partial charge < -0.3 is 19.7 Å². The van der Waals surface area contributed by atoms with Crippen molar-refractivity contribution in [1.82, 2.24) is 5.32 Å². The third-order valence-corrected chi connectivity index (χ3v) is 4.16. The molecule has 132 valence electrons. The fraction of sp³-hybridized carbons (Fsp3) is 0.562. The predicted octanol–water partition coefficient (Wildman–Crippen LogP) is 1.99. The topological polar surface area (TPSA) is 93.9 Å². The predicted molar refractivity (Wildman–Crippen MR) is 88.9 cm³/mol. The molecule has 8 heteroatoms. The number of methoxy groups -OCH3 is 2. The molecule has 0 aromatic heterocycles. The number of nitrogens with zero attached hydrogens (tertiary/aromatic N) is 2. The van der Waals surface area contributed by atoms with Gasteiger partial charge in [0.05, 0.1) is 10.5 Å². The van der Waals surface area contributed by atoms with Gasteiger partial charge in [0.1, 0.15) is 0 Å². The number of carbonyl (C=O) groups excluding carboxylic acids is 1. The van der Waals surface area contributed by atoms with Crippen molar-refractivity contribution in [2.45, 2.75) is 32.1 Å². The number of hydrogen-bond acceptors (Lipinski definition) is 6. The molecular formula is C16H23N3O5. The van der Waals surface area contributed by atoms with Crippen LogP contribution in [-0.2, 0) is 14.3 Å². The number of hydrogen-bond donors (Lipinski definition) is 1. The summed E-state index contributed by atoms with van der Waals surface area (Å²) >= 11 is 0. The van der Waals surface area contributed by atoms with E-state index >= 15 is 0 Å². The summed E-state index contributed by atoms with van der Waals surface area (Å²) in [5, 5.41) is 14.2. The van der Waals surface area contributed by atoms with Gasteiger partial charge in [0, 0.05) is 52.0 Å². The van der Waals surface area contributed by atoms with Crippen LogP contribution in [0.15, 0.2) is 18.2 Å². The molecular weight excluding hydrogens is 314 g/mol. The van der Waals surface area contributed by atoms with E-state index in [1.165, 1.54) is 27.2 Å². The summed E-state index contributed by atoms with van der Waals surface area (Å²) in [5.41, 5.74) is 1.25. The van der Waals surface area contributed by atoms with Gasteiger partial charge in [-0.05, 0) is 25.0 Å². The minimum Gasteiger partial charge on any atom is -0.371 e. The summed E-state index contributed by atoms with van der Waals surface area (Å²) in [6.45, 7) is 3.06. The number of rotatable bonds is 6. The van der Waals surface area contributed by atoms with Crippen LogP contribution in [0.2, 0.25) is 0 Å². The number of nitro benzene ring substituents is 1. The third kappa shape index (κ3) is 4.21. The Morgan fingerprint density at radius 1 is 1.33 bits per heavy atom. The fourth-order valence-corrected chi connectivity index (χ4v) is 3.01. The van der Waals surface area contributed by atoms with E-state index < -0.39 is 11.2 Å². The van der Waals surface area contributed by atoms with Crippen LogP contribution in [0.4, 0.5) is 11.4 Å². The van der Waals surface area contributed by atoms with Gasteiger partial charge in [0.15, 0.2) is 6.29 Å². The van der Waals surface area contributed by atoms with Crippen LogP contribution >= 0.6 is 0 Å². The average Bonchev–Trinajstić information content (AvgIpc) is 2.56. The zero-order valence-electron chi connectivity index (χ0n) is 14.2. The van der Waals surface area contributed by atoms with Crippen LogP contribution in [0.5, 0.6) is 0 Å². The molecule has 1 aromatic rings. The molecule has 0 saturated carbocycles. The second-order valence-corrected chi connectivity index (χ2v) is 5.77. The Balaban J connectivity index is 2.18. The second-order valence-electron chi connectivity index (χ2n) is 5.77. The van der Waals surface area contributed by atoms with Crippen LogP contribution in [-0.4, -0.2) is 44.2 Å². The molecule has 1 aromatic carbocycles. The van der Waals surface area contributed by atoms with Gasteiger partial charge in [-0.25, -0.2) is 0 Å². The highest BCUT2D eigenvalue weighted by molar-refractivity contribution is 5.73. The van der Waals surface area contributed by atoms with E-state index in [1.807, 2.05) is 0 Å². The lowest BCUT2D eigenvalue weighted by Crippen LogP contribution is -2.44. The van der Waals surface area contributed by atoms with E-state index in [-0.39, 0.29) is 17.6 Å². The summed E-state index contributed by atoms with van der Waals surface area (Å²) in [4.78, 5) is 24.1. The van der Waals surface area contributed by atoms with Gasteiger partial charge >= 0.3 is 0 Å². The van der Waals surface area contributed by atoms with Crippen LogP contribution in [0, 0.1) is 10.1 Å². The monoisotopic (exact) mass is 337 g/mol. The molecule has 1 N–H and O–H groups in total. The highest BCUT2D eigenvalue weighted by Crippen LogP contribution is 2.32. The molecule has 1 fully saturated rings. The van der Waals surface area contributed by atoms with Crippen molar-refractivity contribution in [1.29, 1.82) is 0 Å². The van der Waals surface area contributed by atoms with Crippen molar-refractivity contribution in [2.24, 2.45) is 0 Å². The standard InChI is InChI=1S/C16H23N3O5/c1-11(20)17-12-6-8-18(9-7-12)13-4-5-15(19(21)22)14(10-13)16(23-2)24-3/h4-5,10,12,16H,6-9H2,1-3H3,(H,17,20). The van der Waals surface area contributed by atoms with E-state index in [0.29, 0.717) is 5.56 Å². The van der Waals surface area contributed by atoms with Crippen molar-refractivity contribution >= 4 is 17.3 Å². The number of carbonyl (C=O) groups is 1. The molecule has 24 heavy (non-hydrogen) atoms. The maximum absolute atomic E-state index is 11.2. The van der Waals surface area contributed by atoms with E-state index in [0.717, 1.165) is 31.6 Å². The van der Waals surface area contributed by atoms with Gasteiger partial charge in [-0.2, -0.15) is 0 Å². The number of piperidine rings is 1. The Kier molecular flexibility index (Phi) is 6.10. The van der Waals surface area contributed by atoms with E-state index in [4.69, 9.17) is 9.47 Å². The number of amides is 1. The molecule has 1 aliphatic rings. The van der Waals surface area contributed by atoms with Crippen molar-refractivity contribution in [3.05, 3.63) is 33.9 Å². The van der Waals surface area contributed by atoms with E-state index in [1.54, 1.807) is 12.1 Å². The minimum atomic E-state index is -0.790. The van der Waals surface area contributed by atoms with Crippen LogP contribution in [0.3, 0.4) is 0 Å². The van der Waals surface area contributed by atoms with Crippen LogP contribution in [0.1, 0.15) is 31.6 Å². The molecule has 1 amide bonds. The molecule has 0 spiro atoms. The minimum absolute atomic E-state index is 0.0193.